The maximum Gasteiger partial charge on any atom is 0.472 e. The van der Waals surface area contributed by atoms with E-state index in [0.29, 0.717) is 17.4 Å². The lowest BCUT2D eigenvalue weighted by atomic mass is 10.0. The number of phosphoric ester groups is 1. The first-order valence-electron chi connectivity index (χ1n) is 28.9. The minimum atomic E-state index is -4.35. The van der Waals surface area contributed by atoms with Gasteiger partial charge >= 0.3 is 7.82 Å². The zero-order chi connectivity index (χ0) is 49.2. The van der Waals surface area contributed by atoms with Gasteiger partial charge in [-0.1, -0.05) is 249 Å². The molecule has 0 aromatic rings. The maximum absolute atomic E-state index is 13.0. The number of hydrogen-bond donors (Lipinski definition) is 3. The second-order valence-electron chi connectivity index (χ2n) is 21.0. The zero-order valence-electron chi connectivity index (χ0n) is 45.2. The van der Waals surface area contributed by atoms with Crippen molar-refractivity contribution >= 4 is 13.7 Å². The lowest BCUT2D eigenvalue weighted by molar-refractivity contribution is -0.870. The van der Waals surface area contributed by atoms with Gasteiger partial charge in [-0.05, 0) is 57.8 Å². The highest BCUT2D eigenvalue weighted by Gasteiger charge is 2.27. The zero-order valence-corrected chi connectivity index (χ0v) is 46.0. The van der Waals surface area contributed by atoms with E-state index in [0.717, 1.165) is 38.5 Å². The highest BCUT2D eigenvalue weighted by atomic mass is 31.2. The molecule has 0 saturated carbocycles. The smallest absolute Gasteiger partial charge is 0.387 e. The Balaban J connectivity index is 4.23. The second-order valence-corrected chi connectivity index (χ2v) is 22.5. The summed E-state index contributed by atoms with van der Waals surface area (Å²) in [5.74, 6) is -0.184. The van der Waals surface area contributed by atoms with Crippen LogP contribution in [0.15, 0.2) is 36.5 Å². The summed E-state index contributed by atoms with van der Waals surface area (Å²) >= 11 is 0. The summed E-state index contributed by atoms with van der Waals surface area (Å²) in [5.41, 5.74) is 0. The molecule has 0 saturated heterocycles. The Kier molecular flexibility index (Phi) is 48.7. The maximum atomic E-state index is 13.0. The van der Waals surface area contributed by atoms with Gasteiger partial charge in [0.1, 0.15) is 13.2 Å². The molecule has 0 fully saturated rings. The van der Waals surface area contributed by atoms with E-state index in [1.807, 2.05) is 27.2 Å². The van der Waals surface area contributed by atoms with Gasteiger partial charge in [0.25, 0.3) is 0 Å². The van der Waals surface area contributed by atoms with E-state index in [1.165, 1.54) is 218 Å². The molecule has 0 aliphatic carbocycles. The third-order valence-electron chi connectivity index (χ3n) is 13.1. The standard InChI is InChI=1S/C58H113N2O6P/c1-6-8-10-12-14-16-18-20-22-24-26-28-29-30-31-32-34-36-38-40-42-44-46-48-50-52-58(62)59-56(55-66-67(63,64)65-54-53-60(3,4)5)57(61)51-49-47-45-43-41-39-37-35-33-27-25-23-21-19-17-15-13-11-9-7-2/h24,26,41,43,49,51,56-57,61H,6-23,25,27-40,42,44-48,50,52-55H2,1-5H3,(H-,59,62,63,64)/p+1/b26-24-,43-41+,51-49+. The van der Waals surface area contributed by atoms with Gasteiger partial charge in [-0.3, -0.25) is 13.8 Å². The van der Waals surface area contributed by atoms with Gasteiger partial charge in [0.2, 0.25) is 5.91 Å². The summed E-state index contributed by atoms with van der Waals surface area (Å²) < 4.78 is 23.7. The molecule has 0 spiro atoms. The van der Waals surface area contributed by atoms with Crippen LogP contribution in [0.25, 0.3) is 0 Å². The van der Waals surface area contributed by atoms with Gasteiger partial charge in [0, 0.05) is 6.42 Å². The second kappa shape index (κ2) is 49.7. The molecule has 0 radical (unpaired) electrons. The van der Waals surface area contributed by atoms with Crippen LogP contribution >= 0.6 is 7.82 Å². The lowest BCUT2D eigenvalue weighted by Crippen LogP contribution is -2.45. The topological polar surface area (TPSA) is 105 Å². The molecule has 0 aliphatic rings. The van der Waals surface area contributed by atoms with Gasteiger partial charge in [-0.25, -0.2) is 4.57 Å². The number of phosphoric acid groups is 1. The van der Waals surface area contributed by atoms with E-state index in [2.05, 4.69) is 43.5 Å². The van der Waals surface area contributed by atoms with Crippen molar-refractivity contribution in [2.24, 2.45) is 0 Å². The molecule has 3 unspecified atom stereocenters. The molecule has 0 rings (SSSR count). The van der Waals surface area contributed by atoms with Crippen molar-refractivity contribution in [3.63, 3.8) is 0 Å². The minimum absolute atomic E-state index is 0.0571. The predicted molar refractivity (Wildman–Crippen MR) is 291 cm³/mol. The Morgan fingerprint density at radius 2 is 0.821 bits per heavy atom. The first-order chi connectivity index (χ1) is 32.5. The molecule has 396 valence electrons. The van der Waals surface area contributed by atoms with Crippen LogP contribution in [0.2, 0.25) is 0 Å². The summed E-state index contributed by atoms with van der Waals surface area (Å²) in [4.78, 5) is 23.3. The van der Waals surface area contributed by atoms with Gasteiger partial charge in [0.15, 0.2) is 0 Å². The number of carbonyl (C=O) groups is 1. The van der Waals surface area contributed by atoms with Crippen LogP contribution in [0.3, 0.4) is 0 Å². The third-order valence-corrected chi connectivity index (χ3v) is 14.1. The Labute approximate surface area is 417 Å². The fourth-order valence-electron chi connectivity index (χ4n) is 8.53. The number of allylic oxidation sites excluding steroid dienone is 5. The molecule has 8 nitrogen and oxygen atoms in total. The average molecular weight is 967 g/mol. The van der Waals surface area contributed by atoms with Crippen molar-refractivity contribution in [3.8, 4) is 0 Å². The number of nitrogens with one attached hydrogen (secondary N) is 1. The van der Waals surface area contributed by atoms with Crippen LogP contribution in [0.5, 0.6) is 0 Å². The van der Waals surface area contributed by atoms with Crippen LogP contribution in [0.1, 0.15) is 277 Å². The highest BCUT2D eigenvalue weighted by molar-refractivity contribution is 7.47. The Morgan fingerprint density at radius 3 is 1.19 bits per heavy atom. The molecule has 0 bridgehead atoms. The van der Waals surface area contributed by atoms with Crippen LogP contribution in [-0.2, 0) is 18.4 Å². The number of rotatable bonds is 53. The number of aliphatic hydroxyl groups excluding tert-OH is 1. The van der Waals surface area contributed by atoms with Crippen LogP contribution in [0, 0.1) is 0 Å². The summed E-state index contributed by atoms with van der Waals surface area (Å²) in [5, 5.41) is 13.9. The summed E-state index contributed by atoms with van der Waals surface area (Å²) in [6, 6.07) is -0.863. The van der Waals surface area contributed by atoms with Crippen LogP contribution in [-0.4, -0.2) is 73.4 Å². The molecule has 0 heterocycles. The molecule has 1 amide bonds. The number of aliphatic hydroxyl groups is 1. The van der Waals surface area contributed by atoms with Crippen molar-refractivity contribution in [1.82, 2.24) is 5.32 Å². The fourth-order valence-corrected chi connectivity index (χ4v) is 9.26. The molecule has 67 heavy (non-hydrogen) atoms. The number of unbranched alkanes of at least 4 members (excludes halogenated alkanes) is 36. The predicted octanol–water partition coefficient (Wildman–Crippen LogP) is 17.4. The van der Waals surface area contributed by atoms with Crippen LogP contribution in [0.4, 0.5) is 0 Å². The van der Waals surface area contributed by atoms with E-state index in [4.69, 9.17) is 9.05 Å². The first kappa shape index (κ1) is 65.7. The normalized spacial score (nSPS) is 14.2. The quantitative estimate of drug-likeness (QED) is 0.0243. The van der Waals surface area contributed by atoms with Crippen molar-refractivity contribution in [2.45, 2.75) is 289 Å². The van der Waals surface area contributed by atoms with Crippen molar-refractivity contribution in [2.75, 3.05) is 40.9 Å². The van der Waals surface area contributed by atoms with E-state index in [9.17, 15) is 19.4 Å². The molecule has 0 aromatic carbocycles. The molecule has 0 aromatic heterocycles. The monoisotopic (exact) mass is 966 g/mol. The van der Waals surface area contributed by atoms with Crippen molar-refractivity contribution in [1.29, 1.82) is 0 Å². The van der Waals surface area contributed by atoms with Gasteiger partial charge in [-0.15, -0.1) is 0 Å². The molecule has 9 heteroatoms. The number of amides is 1. The van der Waals surface area contributed by atoms with Crippen LogP contribution < -0.4 is 5.32 Å². The summed E-state index contributed by atoms with van der Waals surface area (Å²) in [6.07, 6.45) is 63.9. The number of carbonyl (C=O) groups excluding carboxylic acids is 1. The molecular formula is C58H114N2O6P+. The number of likely N-dealkylation sites (N-methyl/N-ethyl adjacent to an activating group) is 1. The Hall–Kier alpha value is -1.28. The SMILES string of the molecule is CCCCCCCCCC/C=C\CCCCCCCCCCCCCCCC(=O)NC(COP(=O)(O)OCC[N+](C)(C)C)C(O)/C=C/CC/C=C/CCCCCCCCCCCCCCCC. The molecular weight excluding hydrogens is 852 g/mol. The van der Waals surface area contributed by atoms with E-state index >= 15 is 0 Å². The number of nitrogens with zero attached hydrogens (tertiary/aromatic N) is 1. The van der Waals surface area contributed by atoms with E-state index in [-0.39, 0.29) is 19.1 Å². The Morgan fingerprint density at radius 1 is 0.493 bits per heavy atom. The van der Waals surface area contributed by atoms with Gasteiger partial charge in [-0.2, -0.15) is 0 Å². The van der Waals surface area contributed by atoms with E-state index < -0.39 is 20.0 Å². The molecule has 3 atom stereocenters. The largest absolute Gasteiger partial charge is 0.472 e. The average Bonchev–Trinajstić information content (AvgIpc) is 3.29. The number of hydrogen-bond acceptors (Lipinski definition) is 5. The molecule has 3 N–H and O–H groups in total. The van der Waals surface area contributed by atoms with Gasteiger partial charge < -0.3 is 19.8 Å². The summed E-state index contributed by atoms with van der Waals surface area (Å²) in [6.45, 7) is 4.83. The first-order valence-corrected chi connectivity index (χ1v) is 30.4. The third kappa shape index (κ3) is 52.4. The van der Waals surface area contributed by atoms with Crippen molar-refractivity contribution < 1.29 is 32.9 Å². The fraction of sp³-hybridized carbons (Fsp3) is 0.879. The highest BCUT2D eigenvalue weighted by Crippen LogP contribution is 2.43. The summed E-state index contributed by atoms with van der Waals surface area (Å²) in [7, 11) is 1.56. The lowest BCUT2D eigenvalue weighted by Gasteiger charge is -2.25. The van der Waals surface area contributed by atoms with Gasteiger partial charge in [0.05, 0.1) is 39.9 Å². The minimum Gasteiger partial charge on any atom is -0.387 e. The molecule has 0 aliphatic heterocycles. The number of quaternary nitrogens is 1. The van der Waals surface area contributed by atoms with E-state index in [1.54, 1.807) is 6.08 Å². The van der Waals surface area contributed by atoms with Crippen molar-refractivity contribution in [3.05, 3.63) is 36.5 Å². The Bertz CT molecular complexity index is 1190.